The van der Waals surface area contributed by atoms with Crippen LogP contribution in [0, 0.1) is 0 Å². The summed E-state index contributed by atoms with van der Waals surface area (Å²) in [4.78, 5) is 0. The molecule has 1 aromatic carbocycles. The molecule has 0 saturated heterocycles. The van der Waals surface area contributed by atoms with Crippen LogP contribution in [0.1, 0.15) is 6.42 Å². The molecule has 8 heteroatoms. The molecule has 0 fully saturated rings. The van der Waals surface area contributed by atoms with E-state index in [4.69, 9.17) is 23.2 Å². The van der Waals surface area contributed by atoms with Crippen molar-refractivity contribution in [2.45, 2.75) is 6.42 Å². The van der Waals surface area contributed by atoms with Gasteiger partial charge < -0.3 is 5.32 Å². The minimum Gasteiger partial charge on any atom is -0.320 e. The summed E-state index contributed by atoms with van der Waals surface area (Å²) in [5.41, 5.74) is 0.214. The monoisotopic (exact) mass is 374 g/mol. The first-order chi connectivity index (χ1) is 8.35. The quantitative estimate of drug-likeness (QED) is 0.751. The molecule has 1 aromatic rings. The van der Waals surface area contributed by atoms with Crippen LogP contribution in [0.3, 0.4) is 0 Å². The largest absolute Gasteiger partial charge is 0.320 e. The number of rotatable bonds is 6. The normalized spacial score (nSPS) is 11.6. The first-order valence-electron chi connectivity index (χ1n) is 5.15. The molecule has 0 bridgehead atoms. The number of nitrogens with one attached hydrogen (secondary N) is 2. The fourth-order valence-electron chi connectivity index (χ4n) is 1.29. The van der Waals surface area contributed by atoms with Gasteiger partial charge in [0.05, 0.1) is 21.5 Å². The van der Waals surface area contributed by atoms with Crippen molar-refractivity contribution in [1.82, 2.24) is 5.32 Å². The maximum absolute atomic E-state index is 11.8. The number of benzene rings is 1. The van der Waals surface area contributed by atoms with Gasteiger partial charge in [0.1, 0.15) is 0 Å². The van der Waals surface area contributed by atoms with Gasteiger partial charge >= 0.3 is 0 Å². The van der Waals surface area contributed by atoms with Crippen LogP contribution in [0.4, 0.5) is 5.69 Å². The Bertz CT molecular complexity index is 500. The molecular weight excluding hydrogens is 363 g/mol. The minimum atomic E-state index is -3.44. The Morgan fingerprint density at radius 3 is 2.33 bits per heavy atom. The fraction of sp³-hybridized carbons (Fsp3) is 0.400. The molecule has 1 rings (SSSR count). The summed E-state index contributed by atoms with van der Waals surface area (Å²) in [7, 11) is -1.67. The third kappa shape index (κ3) is 4.93. The number of hydrogen-bond acceptors (Lipinski definition) is 3. The molecule has 0 aliphatic rings. The summed E-state index contributed by atoms with van der Waals surface area (Å²) < 4.78 is 26.7. The van der Waals surface area contributed by atoms with Gasteiger partial charge in [-0.3, -0.25) is 4.72 Å². The van der Waals surface area contributed by atoms with Crippen LogP contribution >= 0.6 is 39.1 Å². The van der Waals surface area contributed by atoms with E-state index in [-0.39, 0.29) is 21.5 Å². The highest BCUT2D eigenvalue weighted by Gasteiger charge is 2.15. The van der Waals surface area contributed by atoms with Gasteiger partial charge in [0.15, 0.2) is 0 Å². The van der Waals surface area contributed by atoms with E-state index in [1.54, 1.807) is 19.2 Å². The van der Waals surface area contributed by atoms with Crippen molar-refractivity contribution in [3.05, 3.63) is 26.7 Å². The average Bonchev–Trinajstić information content (AvgIpc) is 2.23. The van der Waals surface area contributed by atoms with E-state index in [1.807, 2.05) is 0 Å². The summed E-state index contributed by atoms with van der Waals surface area (Å²) in [5.74, 6) is 0.0105. The summed E-state index contributed by atoms with van der Waals surface area (Å²) >= 11 is 15.1. The fourth-order valence-corrected chi connectivity index (χ4v) is 3.86. The molecule has 102 valence electrons. The highest BCUT2D eigenvalue weighted by Crippen LogP contribution is 2.34. The van der Waals surface area contributed by atoms with Crippen molar-refractivity contribution in [1.29, 1.82) is 0 Å². The summed E-state index contributed by atoms with van der Waals surface area (Å²) in [6.45, 7) is 0.628. The maximum atomic E-state index is 11.8. The maximum Gasteiger partial charge on any atom is 0.232 e. The molecule has 0 aromatic heterocycles. The second-order valence-corrected chi connectivity index (χ2v) is 7.19. The molecule has 0 radical (unpaired) electrons. The van der Waals surface area contributed by atoms with E-state index >= 15 is 0 Å². The number of hydrogen-bond donors (Lipinski definition) is 2. The highest BCUT2D eigenvalue weighted by molar-refractivity contribution is 9.10. The smallest absolute Gasteiger partial charge is 0.232 e. The number of sulfonamides is 1. The average molecular weight is 376 g/mol. The zero-order valence-electron chi connectivity index (χ0n) is 9.63. The predicted octanol–water partition coefficient (Wildman–Crippen LogP) is 3.11. The van der Waals surface area contributed by atoms with E-state index in [2.05, 4.69) is 26.0 Å². The second kappa shape index (κ2) is 6.96. The topological polar surface area (TPSA) is 58.2 Å². The van der Waals surface area contributed by atoms with Crippen LogP contribution in [0.25, 0.3) is 0 Å². The summed E-state index contributed by atoms with van der Waals surface area (Å²) in [6.07, 6.45) is 0.512. The highest BCUT2D eigenvalue weighted by atomic mass is 79.9. The molecule has 0 spiro atoms. The molecule has 0 saturated carbocycles. The lowest BCUT2D eigenvalue weighted by atomic mass is 10.3. The molecule has 0 aliphatic heterocycles. The van der Waals surface area contributed by atoms with Crippen molar-refractivity contribution in [2.24, 2.45) is 0 Å². The van der Waals surface area contributed by atoms with Crippen molar-refractivity contribution in [3.63, 3.8) is 0 Å². The van der Waals surface area contributed by atoms with Crippen LogP contribution in [0.5, 0.6) is 0 Å². The second-order valence-electron chi connectivity index (χ2n) is 3.62. The Morgan fingerprint density at radius 1 is 1.28 bits per heavy atom. The third-order valence-corrected chi connectivity index (χ3v) is 4.50. The van der Waals surface area contributed by atoms with Crippen molar-refractivity contribution >= 4 is 54.8 Å². The standard InChI is InChI=1S/C10H13BrCl2N2O2S/c1-14-3-2-4-18(16,17)15-10-8(12)5-7(11)6-9(10)13/h5-6,14-15H,2-4H2,1H3. The Morgan fingerprint density at radius 2 is 1.83 bits per heavy atom. The Balaban J connectivity index is 2.84. The lowest BCUT2D eigenvalue weighted by Crippen LogP contribution is -2.20. The lowest BCUT2D eigenvalue weighted by molar-refractivity contribution is 0.597. The van der Waals surface area contributed by atoms with Gasteiger partial charge in [-0.25, -0.2) is 8.42 Å². The predicted molar refractivity (Wildman–Crippen MR) is 80.1 cm³/mol. The van der Waals surface area contributed by atoms with Gasteiger partial charge in [-0.1, -0.05) is 39.1 Å². The van der Waals surface area contributed by atoms with Crippen LogP contribution in [0.15, 0.2) is 16.6 Å². The molecule has 2 N–H and O–H groups in total. The number of anilines is 1. The van der Waals surface area contributed by atoms with Crippen LogP contribution in [0.2, 0.25) is 10.0 Å². The van der Waals surface area contributed by atoms with Crippen molar-refractivity contribution in [3.8, 4) is 0 Å². The Hall–Kier alpha value is -0.0100. The SMILES string of the molecule is CNCCCS(=O)(=O)Nc1c(Cl)cc(Br)cc1Cl. The third-order valence-electron chi connectivity index (χ3n) is 2.10. The van der Waals surface area contributed by atoms with Gasteiger partial charge in [-0.2, -0.15) is 0 Å². The first kappa shape index (κ1) is 16.0. The zero-order chi connectivity index (χ0) is 13.8. The van der Waals surface area contributed by atoms with Crippen molar-refractivity contribution < 1.29 is 8.42 Å². The molecule has 0 unspecified atom stereocenters. The van der Waals surface area contributed by atoms with E-state index in [0.717, 1.165) is 0 Å². The van der Waals surface area contributed by atoms with Crippen molar-refractivity contribution in [2.75, 3.05) is 24.1 Å². The van der Waals surface area contributed by atoms with Crippen LogP contribution in [-0.4, -0.2) is 27.8 Å². The van der Waals surface area contributed by atoms with E-state index in [9.17, 15) is 8.42 Å². The van der Waals surface area contributed by atoms with E-state index < -0.39 is 10.0 Å². The Labute approximate surface area is 125 Å². The summed E-state index contributed by atoms with van der Waals surface area (Å²) in [6, 6.07) is 3.16. The molecule has 0 amide bonds. The molecule has 18 heavy (non-hydrogen) atoms. The van der Waals surface area contributed by atoms with Crippen LogP contribution < -0.4 is 10.0 Å². The lowest BCUT2D eigenvalue weighted by Gasteiger charge is -2.11. The summed E-state index contributed by atoms with van der Waals surface area (Å²) in [5, 5.41) is 3.40. The van der Waals surface area contributed by atoms with Crippen LogP contribution in [-0.2, 0) is 10.0 Å². The van der Waals surface area contributed by atoms with Gasteiger partial charge in [-0.05, 0) is 32.1 Å². The van der Waals surface area contributed by atoms with Gasteiger partial charge in [0.25, 0.3) is 0 Å². The molecule has 0 heterocycles. The first-order valence-corrected chi connectivity index (χ1v) is 8.35. The molecule has 0 aliphatic carbocycles. The number of halogens is 3. The van der Waals surface area contributed by atoms with Gasteiger partial charge in [0.2, 0.25) is 10.0 Å². The molecule has 0 atom stereocenters. The Kier molecular flexibility index (Phi) is 6.20. The van der Waals surface area contributed by atoms with Gasteiger partial charge in [-0.15, -0.1) is 0 Å². The minimum absolute atomic E-state index is 0.0105. The zero-order valence-corrected chi connectivity index (χ0v) is 13.5. The molecular formula is C10H13BrCl2N2O2S. The van der Waals surface area contributed by atoms with E-state index in [0.29, 0.717) is 17.4 Å². The van der Waals surface area contributed by atoms with E-state index in [1.165, 1.54) is 0 Å². The molecule has 4 nitrogen and oxygen atoms in total. The van der Waals surface area contributed by atoms with Gasteiger partial charge in [0, 0.05) is 4.47 Å².